The third-order valence-electron chi connectivity index (χ3n) is 14.5. The van der Waals surface area contributed by atoms with Gasteiger partial charge in [-0.05, 0) is 82.5 Å². The van der Waals surface area contributed by atoms with Crippen LogP contribution >= 0.6 is 0 Å². The van der Waals surface area contributed by atoms with Crippen molar-refractivity contribution in [1.82, 2.24) is 0 Å². The lowest BCUT2D eigenvalue weighted by Gasteiger charge is -2.64. The summed E-state index contributed by atoms with van der Waals surface area (Å²) in [6, 6.07) is 0. The van der Waals surface area contributed by atoms with Gasteiger partial charge in [-0.2, -0.15) is 0 Å². The molecule has 0 radical (unpaired) electrons. The molecule has 0 aromatic carbocycles. The highest BCUT2D eigenvalue weighted by atomic mass is 16.7. The molecule has 12 heteroatoms. The summed E-state index contributed by atoms with van der Waals surface area (Å²) in [7, 11) is 0. The van der Waals surface area contributed by atoms with Crippen LogP contribution in [0.5, 0.6) is 0 Å². The zero-order valence-electron chi connectivity index (χ0n) is 29.3. The van der Waals surface area contributed by atoms with E-state index in [9.17, 15) is 45.3 Å². The van der Waals surface area contributed by atoms with Crippen LogP contribution < -0.4 is 0 Å². The summed E-state index contributed by atoms with van der Waals surface area (Å²) in [4.78, 5) is 28.8. The van der Waals surface area contributed by atoms with Crippen LogP contribution in [0.25, 0.3) is 0 Å². The average Bonchev–Trinajstić information content (AvgIpc) is 3.51. The number of hydrogen-bond acceptors (Lipinski definition) is 12. The number of carbonyl (C=O) groups is 2. The van der Waals surface area contributed by atoms with Crippen molar-refractivity contribution in [2.45, 2.75) is 147 Å². The lowest BCUT2D eigenvalue weighted by molar-refractivity contribution is -0.311. The summed E-state index contributed by atoms with van der Waals surface area (Å²) < 4.78 is 18.3. The molecule has 6 aliphatic rings. The van der Waals surface area contributed by atoms with E-state index in [2.05, 4.69) is 19.9 Å². The van der Waals surface area contributed by atoms with Crippen molar-refractivity contribution in [3.05, 3.63) is 11.6 Å². The Balaban J connectivity index is 1.33. The molecule has 0 aromatic heterocycles. The molecular weight excluding hydrogens is 624 g/mol. The van der Waals surface area contributed by atoms with Crippen molar-refractivity contribution in [2.24, 2.45) is 39.4 Å². The number of ketones is 2. The highest BCUT2D eigenvalue weighted by molar-refractivity contribution is 5.94. The smallest absolute Gasteiger partial charge is 0.187 e. The number of fused-ring (bicyclic) bond motifs is 5. The van der Waals surface area contributed by atoms with Gasteiger partial charge in [-0.1, -0.05) is 32.4 Å². The predicted molar refractivity (Wildman–Crippen MR) is 170 cm³/mol. The standard InChI is InChI=1S/C36H56O12/c1-31(2)17-8-9-22-32(3)13-19(39)28(35(6)11-10-24(48-35)34(5,45)16-38)33(32,4)14-23(40)36(22,7)18(17)12-20(29(31)44)46-30-27(43)26(42)25(41)21(15-37)47-30/h8,18-22,24-28,30,37-39,41-43,45H,9-16H2,1-7H3. The number of aliphatic hydroxyl groups excluding tert-OH is 6. The lowest BCUT2D eigenvalue weighted by Crippen LogP contribution is -2.65. The molecule has 0 spiro atoms. The van der Waals surface area contributed by atoms with E-state index < -0.39 is 107 Å². The molecular formula is C36H56O12. The van der Waals surface area contributed by atoms with Crippen LogP contribution in [0.15, 0.2) is 11.6 Å². The predicted octanol–water partition coefficient (Wildman–Crippen LogP) is 0.787. The van der Waals surface area contributed by atoms with Gasteiger partial charge in [0.15, 0.2) is 12.1 Å². The van der Waals surface area contributed by atoms with Crippen LogP contribution in [0.1, 0.15) is 87.0 Å². The molecule has 4 aliphatic carbocycles. The second-order valence-electron chi connectivity index (χ2n) is 17.5. The van der Waals surface area contributed by atoms with Crippen molar-refractivity contribution in [2.75, 3.05) is 13.2 Å². The fraction of sp³-hybridized carbons (Fsp3) is 0.889. The van der Waals surface area contributed by atoms with E-state index in [-0.39, 0.29) is 30.3 Å². The summed E-state index contributed by atoms with van der Waals surface area (Å²) in [5.74, 6) is -1.20. The van der Waals surface area contributed by atoms with Gasteiger partial charge in [-0.25, -0.2) is 0 Å². The molecule has 3 saturated carbocycles. The zero-order chi connectivity index (χ0) is 35.6. The largest absolute Gasteiger partial charge is 0.394 e. The third-order valence-corrected chi connectivity index (χ3v) is 14.5. The first-order chi connectivity index (χ1) is 22.1. The van der Waals surface area contributed by atoms with Crippen molar-refractivity contribution in [3.8, 4) is 0 Å². The van der Waals surface area contributed by atoms with E-state index in [0.717, 1.165) is 5.57 Å². The quantitative estimate of drug-likeness (QED) is 0.195. The minimum Gasteiger partial charge on any atom is -0.394 e. The molecule has 6 rings (SSSR count). The van der Waals surface area contributed by atoms with Crippen LogP contribution in [0.2, 0.25) is 0 Å². The summed E-state index contributed by atoms with van der Waals surface area (Å²) in [6.07, 6.45) is -5.54. The molecule has 2 aliphatic heterocycles. The number of hydrogen-bond donors (Lipinski definition) is 7. The first-order valence-electron chi connectivity index (χ1n) is 17.6. The van der Waals surface area contributed by atoms with Crippen molar-refractivity contribution < 1.29 is 59.5 Å². The topological polar surface area (TPSA) is 203 Å². The van der Waals surface area contributed by atoms with Crippen LogP contribution in [-0.2, 0) is 23.8 Å². The Kier molecular flexibility index (Phi) is 8.81. The molecule has 2 saturated heterocycles. The molecule has 16 unspecified atom stereocenters. The van der Waals surface area contributed by atoms with Gasteiger partial charge in [0.25, 0.3) is 0 Å². The minimum atomic E-state index is -1.67. The third kappa shape index (κ3) is 4.84. The molecule has 7 N–H and O–H groups in total. The molecule has 16 atom stereocenters. The molecule has 2 heterocycles. The number of Topliss-reactive ketones (excluding diaryl/α,β-unsaturated/α-hetero) is 2. The Bertz CT molecular complexity index is 1340. The second-order valence-corrected chi connectivity index (χ2v) is 17.5. The van der Waals surface area contributed by atoms with Gasteiger partial charge >= 0.3 is 0 Å². The van der Waals surface area contributed by atoms with Gasteiger partial charge in [0.2, 0.25) is 0 Å². The Labute approximate surface area is 282 Å². The summed E-state index contributed by atoms with van der Waals surface area (Å²) in [5.41, 5.74) is -4.48. The van der Waals surface area contributed by atoms with Crippen molar-refractivity contribution in [3.63, 3.8) is 0 Å². The molecule has 272 valence electrons. The highest BCUT2D eigenvalue weighted by Gasteiger charge is 2.75. The van der Waals surface area contributed by atoms with Crippen LogP contribution in [-0.4, -0.2) is 121 Å². The molecule has 48 heavy (non-hydrogen) atoms. The van der Waals surface area contributed by atoms with E-state index in [1.165, 1.54) is 0 Å². The maximum absolute atomic E-state index is 14.8. The van der Waals surface area contributed by atoms with Gasteiger partial charge in [-0.3, -0.25) is 9.59 Å². The fourth-order valence-electron chi connectivity index (χ4n) is 11.5. The summed E-state index contributed by atoms with van der Waals surface area (Å²) in [5, 5.41) is 73.5. The number of rotatable bonds is 6. The number of ether oxygens (including phenoxy) is 3. The first kappa shape index (κ1) is 36.5. The monoisotopic (exact) mass is 680 g/mol. The Morgan fingerprint density at radius 2 is 1.65 bits per heavy atom. The first-order valence-corrected chi connectivity index (χ1v) is 17.6. The highest BCUT2D eigenvalue weighted by Crippen LogP contribution is 2.75. The van der Waals surface area contributed by atoms with Crippen molar-refractivity contribution >= 4 is 11.6 Å². The van der Waals surface area contributed by atoms with Crippen molar-refractivity contribution in [1.29, 1.82) is 0 Å². The maximum Gasteiger partial charge on any atom is 0.187 e. The maximum atomic E-state index is 14.8. The van der Waals surface area contributed by atoms with Crippen LogP contribution in [0.3, 0.4) is 0 Å². The lowest BCUT2D eigenvalue weighted by atomic mass is 9.38. The summed E-state index contributed by atoms with van der Waals surface area (Å²) >= 11 is 0. The number of carbonyl (C=O) groups excluding carboxylic acids is 2. The van der Waals surface area contributed by atoms with Gasteiger partial charge in [0, 0.05) is 23.2 Å². The van der Waals surface area contributed by atoms with E-state index >= 15 is 0 Å². The van der Waals surface area contributed by atoms with E-state index in [0.29, 0.717) is 25.7 Å². The van der Waals surface area contributed by atoms with E-state index in [4.69, 9.17) is 14.2 Å². The summed E-state index contributed by atoms with van der Waals surface area (Å²) in [6.45, 7) is 12.3. The Morgan fingerprint density at radius 1 is 0.979 bits per heavy atom. The zero-order valence-corrected chi connectivity index (χ0v) is 29.3. The van der Waals surface area contributed by atoms with E-state index in [1.807, 2.05) is 27.7 Å². The molecule has 0 amide bonds. The van der Waals surface area contributed by atoms with Crippen LogP contribution in [0.4, 0.5) is 0 Å². The molecule has 12 nitrogen and oxygen atoms in total. The number of aliphatic hydroxyl groups is 7. The fourth-order valence-corrected chi connectivity index (χ4v) is 11.5. The minimum absolute atomic E-state index is 0.0411. The number of allylic oxidation sites excluding steroid dienone is 2. The Hall–Kier alpha value is -1.32. The normalized spacial score (nSPS) is 53.0. The van der Waals surface area contributed by atoms with E-state index in [1.54, 1.807) is 6.92 Å². The molecule has 0 bridgehead atoms. The average molecular weight is 681 g/mol. The molecule has 0 aromatic rings. The van der Waals surface area contributed by atoms with Gasteiger partial charge in [0.05, 0.1) is 31.0 Å². The Morgan fingerprint density at radius 3 is 2.27 bits per heavy atom. The van der Waals surface area contributed by atoms with Gasteiger partial charge < -0.3 is 50.0 Å². The van der Waals surface area contributed by atoms with Gasteiger partial charge in [0.1, 0.15) is 41.9 Å². The SMILES string of the molecule is CC1(C)C(=O)C(OC2OC(CO)C(O)C(O)C2O)CC2C1=CCC1C2(C)C(=O)CC2(C)C(C3(C)CCC(C(C)(O)CO)O3)C(O)CC12C. The second kappa shape index (κ2) is 11.6. The molecule has 5 fully saturated rings. The van der Waals surface area contributed by atoms with Gasteiger partial charge in [-0.15, -0.1) is 0 Å². The van der Waals surface area contributed by atoms with Crippen LogP contribution in [0, 0.1) is 39.4 Å².